The number of benzene rings is 5. The Morgan fingerprint density at radius 2 is 1.01 bits per heavy atom. The average Bonchev–Trinajstić information content (AvgIpc) is 3.87. The summed E-state index contributed by atoms with van der Waals surface area (Å²) in [6.07, 6.45) is -21.2. The van der Waals surface area contributed by atoms with Gasteiger partial charge < -0.3 is 13.8 Å². The van der Waals surface area contributed by atoms with Crippen LogP contribution in [0, 0.1) is 11.6 Å². The second-order valence-electron chi connectivity index (χ2n) is 14.3. The molecule has 6 nitrogen and oxygen atoms in total. The van der Waals surface area contributed by atoms with E-state index in [1.54, 1.807) is 0 Å². The topological polar surface area (TPSA) is 69.9 Å². The molecule has 350 valence electrons. The maximum absolute atomic E-state index is 15.1. The number of hydrogen-bond acceptors (Lipinski definition) is 5. The number of nitrogens with zero attached hydrogens (tertiary/aromatic N) is 2. The molecule has 2 heterocycles. The number of carbonyl (C=O) groups is 2. The standard InChI is InChI=1S/C45H21BCl2F14N2O4/c47-32-14-5-15-33(48)36(32)37(38-30(22-6-1-10-26(16-22)42(51,52)53)20-34(63-38)24-8-3-12-28(49)18-24)39-31(23-7-2-11-27(17-23)43(54,55)56)21-35(25-9-4-13-29(50)19-25)64(39)46(67-40(65)44(57,58)59)68-41(66)45(60,61)62/h1-21H/b38-37-. The first-order valence-electron chi connectivity index (χ1n) is 18.9. The van der Waals surface area contributed by atoms with Gasteiger partial charge in [-0.1, -0.05) is 77.8 Å². The highest BCUT2D eigenvalue weighted by molar-refractivity contribution is 6.49. The van der Waals surface area contributed by atoms with Crippen molar-refractivity contribution in [2.45, 2.75) is 24.7 Å². The van der Waals surface area contributed by atoms with Gasteiger partial charge in [-0.3, -0.25) is 0 Å². The van der Waals surface area contributed by atoms with E-state index in [1.807, 2.05) is 0 Å². The number of carbonyl (C=O) groups excluding carboxylic acids is 2. The second kappa shape index (κ2) is 18.3. The molecule has 0 N–H and O–H groups in total. The van der Waals surface area contributed by atoms with Gasteiger partial charge in [0.05, 0.1) is 38.3 Å². The summed E-state index contributed by atoms with van der Waals surface area (Å²) in [6, 6.07) is 18.3. The molecule has 6 aromatic rings. The van der Waals surface area contributed by atoms with E-state index in [4.69, 9.17) is 23.2 Å². The summed E-state index contributed by atoms with van der Waals surface area (Å²) >= 11 is 13.6. The molecule has 23 heteroatoms. The van der Waals surface area contributed by atoms with Crippen LogP contribution >= 0.6 is 23.2 Å². The highest BCUT2D eigenvalue weighted by Gasteiger charge is 2.52. The molecule has 0 radical (unpaired) electrons. The third-order valence-electron chi connectivity index (χ3n) is 9.82. The van der Waals surface area contributed by atoms with Crippen LogP contribution in [-0.2, 0) is 31.3 Å². The zero-order chi connectivity index (χ0) is 49.7. The fourth-order valence-electron chi connectivity index (χ4n) is 6.97. The van der Waals surface area contributed by atoms with Gasteiger partial charge in [-0.05, 0) is 83.9 Å². The van der Waals surface area contributed by atoms with Crippen LogP contribution in [0.2, 0.25) is 10.0 Å². The predicted octanol–water partition coefficient (Wildman–Crippen LogP) is 13.8. The molecule has 1 aliphatic rings. The summed E-state index contributed by atoms with van der Waals surface area (Å²) < 4.78 is 210. The minimum Gasteiger partial charge on any atom is -0.473 e. The van der Waals surface area contributed by atoms with Gasteiger partial charge in [0.2, 0.25) is 0 Å². The van der Waals surface area contributed by atoms with Crippen LogP contribution in [0.25, 0.3) is 33.5 Å². The lowest BCUT2D eigenvalue weighted by Gasteiger charge is -2.24. The van der Waals surface area contributed by atoms with Gasteiger partial charge in [0.15, 0.2) is 0 Å². The summed E-state index contributed by atoms with van der Waals surface area (Å²) in [7, 11) is -3.60. The van der Waals surface area contributed by atoms with Crippen LogP contribution in [-0.4, -0.2) is 41.7 Å². The molecule has 5 aromatic carbocycles. The van der Waals surface area contributed by atoms with Crippen molar-refractivity contribution in [3.63, 3.8) is 0 Å². The first-order chi connectivity index (χ1) is 31.7. The molecule has 0 aliphatic carbocycles. The van der Waals surface area contributed by atoms with Crippen LogP contribution < -0.4 is 0 Å². The average molecular weight is 1000 g/mol. The Morgan fingerprint density at radius 1 is 0.559 bits per heavy atom. The molecule has 1 aliphatic heterocycles. The number of aliphatic imine (C=N–C) groups is 1. The summed E-state index contributed by atoms with van der Waals surface area (Å²) in [5.74, 6) is -8.60. The summed E-state index contributed by atoms with van der Waals surface area (Å²) in [6.45, 7) is 0. The van der Waals surface area contributed by atoms with Crippen molar-refractivity contribution in [1.82, 2.24) is 4.48 Å². The smallest absolute Gasteiger partial charge is 0.473 e. The fraction of sp³-hybridized carbons (Fsp3) is 0.0889. The molecule has 0 atom stereocenters. The summed E-state index contributed by atoms with van der Waals surface area (Å²) in [5.41, 5.74) is -9.38. The minimum absolute atomic E-state index is 0.0842. The molecule has 68 heavy (non-hydrogen) atoms. The highest BCUT2D eigenvalue weighted by Crippen LogP contribution is 2.49. The van der Waals surface area contributed by atoms with E-state index < -0.39 is 127 Å². The first-order valence-corrected chi connectivity index (χ1v) is 19.7. The number of alkyl halides is 12. The molecule has 0 amide bonds. The van der Waals surface area contributed by atoms with E-state index in [1.165, 1.54) is 18.2 Å². The van der Waals surface area contributed by atoms with Crippen molar-refractivity contribution in [2.24, 2.45) is 4.99 Å². The largest absolute Gasteiger partial charge is 0.747 e. The number of allylic oxidation sites excluding steroid dienone is 2. The third-order valence-corrected chi connectivity index (χ3v) is 10.5. The fourth-order valence-corrected chi connectivity index (χ4v) is 7.56. The van der Waals surface area contributed by atoms with Crippen LogP contribution in [0.3, 0.4) is 0 Å². The van der Waals surface area contributed by atoms with Gasteiger partial charge in [-0.25, -0.2) is 23.4 Å². The maximum Gasteiger partial charge on any atom is 0.747 e. The van der Waals surface area contributed by atoms with Crippen molar-refractivity contribution in [1.29, 1.82) is 0 Å². The Morgan fingerprint density at radius 3 is 1.53 bits per heavy atom. The van der Waals surface area contributed by atoms with Crippen molar-refractivity contribution >= 4 is 59.3 Å². The molecule has 0 bridgehead atoms. The van der Waals surface area contributed by atoms with Crippen molar-refractivity contribution in [3.8, 4) is 22.4 Å². The molecule has 0 saturated carbocycles. The van der Waals surface area contributed by atoms with Gasteiger partial charge >= 0.3 is 43.9 Å². The predicted molar refractivity (Wildman–Crippen MR) is 221 cm³/mol. The van der Waals surface area contributed by atoms with Gasteiger partial charge in [-0.15, -0.1) is 0 Å². The lowest BCUT2D eigenvalue weighted by Crippen LogP contribution is -2.44. The SMILES string of the molecule is O=C(OB(OC(=O)C(F)(F)F)n1c(-c2cccc(F)c2)cc(-c2cccc(C(F)(F)F)c2)c1/C(=C1\N=C(c2cccc(F)c2)C=C1c1cccc(C(F)(F)F)c1)c1c(Cl)cccc1Cl)C(F)(F)F. The lowest BCUT2D eigenvalue weighted by atomic mass is 9.89. The molecule has 0 fully saturated rings. The van der Waals surface area contributed by atoms with Crippen LogP contribution in [0.1, 0.15) is 33.5 Å². The quantitative estimate of drug-likeness (QED) is 0.107. The van der Waals surface area contributed by atoms with Crippen molar-refractivity contribution in [3.05, 3.63) is 188 Å². The van der Waals surface area contributed by atoms with Crippen LogP contribution in [0.15, 0.2) is 138 Å². The monoisotopic (exact) mass is 1000 g/mol. The van der Waals surface area contributed by atoms with E-state index in [9.17, 15) is 66.7 Å². The van der Waals surface area contributed by atoms with Gasteiger partial charge in [-0.2, -0.15) is 52.7 Å². The molecule has 7 rings (SSSR count). The first kappa shape index (κ1) is 49.1. The van der Waals surface area contributed by atoms with Crippen LogP contribution in [0.5, 0.6) is 0 Å². The number of halogens is 16. The molecule has 0 unspecified atom stereocenters. The van der Waals surface area contributed by atoms with E-state index in [0.717, 1.165) is 78.9 Å². The zero-order valence-corrected chi connectivity index (χ0v) is 34.8. The molecule has 0 spiro atoms. The minimum atomic E-state index is -6.07. The molecule has 0 saturated heterocycles. The number of rotatable bonds is 9. The Kier molecular flexibility index (Phi) is 13.2. The van der Waals surface area contributed by atoms with E-state index >= 15 is 4.39 Å². The molecular weight excluding hydrogens is 980 g/mol. The Balaban J connectivity index is 1.77. The van der Waals surface area contributed by atoms with E-state index in [0.29, 0.717) is 30.3 Å². The maximum atomic E-state index is 15.1. The van der Waals surface area contributed by atoms with Gasteiger partial charge in [0.1, 0.15) is 11.6 Å². The second-order valence-corrected chi connectivity index (χ2v) is 15.1. The molecular formula is C45H21BCl2F14N2O4. The molecule has 1 aromatic heterocycles. The Labute approximate surface area is 383 Å². The normalized spacial score (nSPS) is 14.1. The Bertz CT molecular complexity index is 3030. The van der Waals surface area contributed by atoms with Crippen LogP contribution in [0.4, 0.5) is 61.5 Å². The zero-order valence-electron chi connectivity index (χ0n) is 33.3. The van der Waals surface area contributed by atoms with E-state index in [-0.39, 0.29) is 21.3 Å². The van der Waals surface area contributed by atoms with Gasteiger partial charge in [0.25, 0.3) is 0 Å². The number of aromatic nitrogens is 1. The summed E-state index contributed by atoms with van der Waals surface area (Å²) in [4.78, 5) is 29.9. The lowest BCUT2D eigenvalue weighted by molar-refractivity contribution is -0.197. The number of hydrogen-bond donors (Lipinski definition) is 0. The highest BCUT2D eigenvalue weighted by atomic mass is 35.5. The van der Waals surface area contributed by atoms with Crippen molar-refractivity contribution in [2.75, 3.05) is 0 Å². The van der Waals surface area contributed by atoms with Crippen molar-refractivity contribution < 1.29 is 80.4 Å². The van der Waals surface area contributed by atoms with E-state index in [2.05, 4.69) is 14.3 Å². The van der Waals surface area contributed by atoms with Gasteiger partial charge in [0, 0.05) is 39.1 Å². The third kappa shape index (κ3) is 10.3. The summed E-state index contributed by atoms with van der Waals surface area (Å²) in [5, 5.41) is -0.937. The Hall–Kier alpha value is -6.87.